The van der Waals surface area contributed by atoms with Gasteiger partial charge in [0, 0.05) is 36.5 Å². The van der Waals surface area contributed by atoms with Gasteiger partial charge in [-0.3, -0.25) is 9.78 Å². The Morgan fingerprint density at radius 1 is 1.14 bits per heavy atom. The molecule has 0 bridgehead atoms. The second-order valence-corrected chi connectivity index (χ2v) is 9.78. The molecule has 0 atom stereocenters. The summed E-state index contributed by atoms with van der Waals surface area (Å²) in [5.41, 5.74) is -1.08. The molecule has 0 unspecified atom stereocenters. The maximum absolute atomic E-state index is 12.7. The van der Waals surface area contributed by atoms with Gasteiger partial charge in [0.25, 0.3) is 5.91 Å². The zero-order valence-corrected chi connectivity index (χ0v) is 17.9. The first-order chi connectivity index (χ1) is 13.7. The number of hydrogen-bond donors (Lipinski definition) is 1. The number of carbonyl (C=O) groups is 1. The molecule has 156 valence electrons. The first kappa shape index (κ1) is 21.5. The lowest BCUT2D eigenvalue weighted by atomic mass is 10.0. The highest BCUT2D eigenvalue weighted by atomic mass is 35.5. The number of pyridine rings is 1. The Morgan fingerprint density at radius 2 is 1.72 bits per heavy atom. The predicted octanol–water partition coefficient (Wildman–Crippen LogP) is 2.86. The van der Waals surface area contributed by atoms with Gasteiger partial charge in [0.2, 0.25) is 10.0 Å². The van der Waals surface area contributed by atoms with Crippen molar-refractivity contribution in [3.63, 3.8) is 0 Å². The van der Waals surface area contributed by atoms with Gasteiger partial charge in [-0.25, -0.2) is 8.42 Å². The monoisotopic (exact) mass is 437 g/mol. The van der Waals surface area contributed by atoms with E-state index in [1.165, 1.54) is 28.8 Å². The molecule has 0 radical (unpaired) electrons. The number of carbonyl (C=O) groups excluding carboxylic acids is 1. The zero-order chi connectivity index (χ0) is 21.1. The lowest BCUT2D eigenvalue weighted by Gasteiger charge is -2.34. The summed E-state index contributed by atoms with van der Waals surface area (Å²) in [5.74, 6) is 0.302. The molecule has 1 aromatic carbocycles. The molecule has 29 heavy (non-hydrogen) atoms. The fourth-order valence-electron chi connectivity index (χ4n) is 3.10. The SMILES string of the molecule is CC(C)(Oc1ccc(Cl)cc1)C(=O)NC1CCN(S(=O)(=O)c2ccncc2)CC1. The van der Waals surface area contributed by atoms with Gasteiger partial charge >= 0.3 is 0 Å². The van der Waals surface area contributed by atoms with Crippen LogP contribution < -0.4 is 10.1 Å². The van der Waals surface area contributed by atoms with Gasteiger partial charge in [-0.05, 0) is 63.1 Å². The number of halogens is 1. The van der Waals surface area contributed by atoms with Gasteiger partial charge in [0.15, 0.2) is 5.60 Å². The van der Waals surface area contributed by atoms with E-state index in [9.17, 15) is 13.2 Å². The van der Waals surface area contributed by atoms with Crippen LogP contribution in [-0.4, -0.2) is 48.3 Å². The highest BCUT2D eigenvalue weighted by Gasteiger charge is 2.34. The lowest BCUT2D eigenvalue weighted by molar-refractivity contribution is -0.135. The largest absolute Gasteiger partial charge is 0.478 e. The molecule has 3 rings (SSSR count). The number of rotatable bonds is 6. The highest BCUT2D eigenvalue weighted by molar-refractivity contribution is 7.89. The molecule has 1 aliphatic heterocycles. The molecule has 0 saturated carbocycles. The molecular formula is C20H24ClN3O4S. The zero-order valence-electron chi connectivity index (χ0n) is 16.3. The van der Waals surface area contributed by atoms with E-state index in [-0.39, 0.29) is 16.8 Å². The van der Waals surface area contributed by atoms with Gasteiger partial charge in [-0.2, -0.15) is 4.31 Å². The topological polar surface area (TPSA) is 88.6 Å². The molecule has 2 aromatic rings. The van der Waals surface area contributed by atoms with Crippen molar-refractivity contribution in [3.05, 3.63) is 53.8 Å². The van der Waals surface area contributed by atoms with E-state index in [1.54, 1.807) is 38.1 Å². The molecule has 2 heterocycles. The van der Waals surface area contributed by atoms with Crippen molar-refractivity contribution in [2.75, 3.05) is 13.1 Å². The Balaban J connectivity index is 1.56. The summed E-state index contributed by atoms with van der Waals surface area (Å²) >= 11 is 5.87. The lowest BCUT2D eigenvalue weighted by Crippen LogP contribution is -2.53. The van der Waals surface area contributed by atoms with E-state index >= 15 is 0 Å². The van der Waals surface area contributed by atoms with Crippen LogP contribution in [0.4, 0.5) is 0 Å². The van der Waals surface area contributed by atoms with Crippen LogP contribution in [0, 0.1) is 0 Å². The van der Waals surface area contributed by atoms with Crippen LogP contribution in [0.15, 0.2) is 53.7 Å². The molecule has 0 aliphatic carbocycles. The Hall–Kier alpha value is -2.16. The molecule has 1 saturated heterocycles. The van der Waals surface area contributed by atoms with Crippen LogP contribution in [-0.2, 0) is 14.8 Å². The fourth-order valence-corrected chi connectivity index (χ4v) is 4.68. The summed E-state index contributed by atoms with van der Waals surface area (Å²) in [5, 5.41) is 3.57. The summed E-state index contributed by atoms with van der Waals surface area (Å²) in [7, 11) is -3.54. The molecule has 0 spiro atoms. The van der Waals surface area contributed by atoms with Crippen LogP contribution in [0.5, 0.6) is 5.75 Å². The molecule has 1 amide bonds. The minimum atomic E-state index is -3.54. The molecule has 1 aromatic heterocycles. The van der Waals surface area contributed by atoms with Gasteiger partial charge in [-0.1, -0.05) is 11.6 Å². The number of piperidine rings is 1. The summed E-state index contributed by atoms with van der Waals surface area (Å²) in [6.07, 6.45) is 3.99. The Bertz CT molecular complexity index is 941. The van der Waals surface area contributed by atoms with E-state index < -0.39 is 15.6 Å². The van der Waals surface area contributed by atoms with Crippen molar-refractivity contribution in [1.29, 1.82) is 0 Å². The van der Waals surface area contributed by atoms with Gasteiger partial charge in [-0.15, -0.1) is 0 Å². The average molecular weight is 438 g/mol. The van der Waals surface area contributed by atoms with Crippen molar-refractivity contribution < 1.29 is 17.9 Å². The summed E-state index contributed by atoms with van der Waals surface area (Å²) in [6, 6.07) is 9.67. The van der Waals surface area contributed by atoms with Crippen molar-refractivity contribution in [3.8, 4) is 5.75 Å². The smallest absolute Gasteiger partial charge is 0.263 e. The Morgan fingerprint density at radius 3 is 2.31 bits per heavy atom. The quantitative estimate of drug-likeness (QED) is 0.750. The Labute approximate surface area is 176 Å². The number of aromatic nitrogens is 1. The van der Waals surface area contributed by atoms with Crippen molar-refractivity contribution in [2.45, 2.75) is 43.2 Å². The maximum Gasteiger partial charge on any atom is 0.263 e. The first-order valence-electron chi connectivity index (χ1n) is 9.34. The van der Waals surface area contributed by atoms with E-state index in [1.807, 2.05) is 0 Å². The third kappa shape index (κ3) is 5.26. The second kappa shape index (κ2) is 8.69. The highest BCUT2D eigenvalue weighted by Crippen LogP contribution is 2.23. The minimum Gasteiger partial charge on any atom is -0.478 e. The van der Waals surface area contributed by atoms with Crippen LogP contribution in [0.25, 0.3) is 0 Å². The summed E-state index contributed by atoms with van der Waals surface area (Å²) in [4.78, 5) is 16.8. The molecule has 9 heteroatoms. The van der Waals surface area contributed by atoms with Gasteiger partial charge in [0.05, 0.1) is 4.90 Å². The van der Waals surface area contributed by atoms with E-state index in [0.29, 0.717) is 36.7 Å². The number of sulfonamides is 1. The number of ether oxygens (including phenoxy) is 1. The second-order valence-electron chi connectivity index (χ2n) is 7.40. The van der Waals surface area contributed by atoms with Crippen molar-refractivity contribution in [2.24, 2.45) is 0 Å². The third-order valence-corrected chi connectivity index (χ3v) is 6.97. The number of amides is 1. The number of nitrogens with one attached hydrogen (secondary N) is 1. The van der Waals surface area contributed by atoms with Gasteiger partial charge in [0.1, 0.15) is 5.75 Å². The standard InChI is InChI=1S/C20H24ClN3O4S/c1-20(2,28-17-5-3-15(21)4-6-17)19(25)23-16-9-13-24(14-10-16)29(26,27)18-7-11-22-12-8-18/h3-8,11-12,16H,9-10,13-14H2,1-2H3,(H,23,25). The van der Waals surface area contributed by atoms with Crippen molar-refractivity contribution >= 4 is 27.5 Å². The molecular weight excluding hydrogens is 414 g/mol. The number of hydrogen-bond acceptors (Lipinski definition) is 5. The van der Waals surface area contributed by atoms with Crippen LogP contribution >= 0.6 is 11.6 Å². The van der Waals surface area contributed by atoms with Gasteiger partial charge < -0.3 is 10.1 Å². The number of benzene rings is 1. The van der Waals surface area contributed by atoms with Crippen molar-refractivity contribution in [1.82, 2.24) is 14.6 Å². The average Bonchev–Trinajstić information content (AvgIpc) is 2.70. The normalized spacial score (nSPS) is 16.4. The maximum atomic E-state index is 12.7. The van der Waals surface area contributed by atoms with E-state index in [2.05, 4.69) is 10.3 Å². The van der Waals surface area contributed by atoms with Crippen LogP contribution in [0.1, 0.15) is 26.7 Å². The molecule has 1 N–H and O–H groups in total. The third-order valence-electron chi connectivity index (χ3n) is 4.81. The molecule has 1 fully saturated rings. The summed E-state index contributed by atoms with van der Waals surface area (Å²) in [6.45, 7) is 4.07. The fraction of sp³-hybridized carbons (Fsp3) is 0.400. The minimum absolute atomic E-state index is 0.112. The first-order valence-corrected chi connectivity index (χ1v) is 11.2. The molecule has 1 aliphatic rings. The molecule has 7 nitrogen and oxygen atoms in total. The number of nitrogens with zero attached hydrogens (tertiary/aromatic N) is 2. The predicted molar refractivity (Wildman–Crippen MR) is 110 cm³/mol. The van der Waals surface area contributed by atoms with Crippen LogP contribution in [0.3, 0.4) is 0 Å². The van der Waals surface area contributed by atoms with E-state index in [4.69, 9.17) is 16.3 Å². The Kier molecular flexibility index (Phi) is 6.45. The van der Waals surface area contributed by atoms with E-state index in [0.717, 1.165) is 0 Å². The summed E-state index contributed by atoms with van der Waals surface area (Å²) < 4.78 is 32.6. The van der Waals surface area contributed by atoms with Crippen LogP contribution in [0.2, 0.25) is 5.02 Å².